The van der Waals surface area contributed by atoms with Crippen molar-refractivity contribution in [1.82, 2.24) is 9.97 Å². The molecule has 0 saturated carbocycles. The molecule has 1 aromatic heterocycles. The molecule has 0 bridgehead atoms. The lowest BCUT2D eigenvalue weighted by Crippen LogP contribution is -2.38. The van der Waals surface area contributed by atoms with Gasteiger partial charge in [0.05, 0.1) is 35.5 Å². The minimum absolute atomic E-state index is 0.460. The molecule has 2 aromatic rings. The lowest BCUT2D eigenvalue weighted by atomic mass is 9.96. The number of morpholine rings is 1. The van der Waals surface area contributed by atoms with E-state index in [2.05, 4.69) is 24.0 Å². The van der Waals surface area contributed by atoms with Crippen molar-refractivity contribution >= 4 is 16.6 Å². The van der Waals surface area contributed by atoms with Crippen molar-refractivity contribution in [2.75, 3.05) is 31.2 Å². The first kappa shape index (κ1) is 17.6. The highest BCUT2D eigenvalue weighted by molar-refractivity contribution is 7.84. The number of hydrogen-bond donors (Lipinski definition) is 0. The van der Waals surface area contributed by atoms with E-state index in [0.717, 1.165) is 62.6 Å². The summed E-state index contributed by atoms with van der Waals surface area (Å²) in [5, 5.41) is 0.479. The van der Waals surface area contributed by atoms with Crippen LogP contribution in [0.25, 0.3) is 0 Å². The van der Waals surface area contributed by atoms with Gasteiger partial charge in [0.2, 0.25) is 5.16 Å². The molecule has 1 saturated heterocycles. The molecule has 0 unspecified atom stereocenters. The minimum atomic E-state index is -1.23. The molecule has 2 heterocycles. The number of rotatable bonds is 4. The first-order chi connectivity index (χ1) is 12.7. The lowest BCUT2D eigenvalue weighted by molar-refractivity contribution is 0.122. The highest BCUT2D eigenvalue weighted by Gasteiger charge is 2.24. The number of aromatic nitrogens is 2. The number of fused-ring (bicyclic) bond motifs is 1. The third-order valence-corrected chi connectivity index (χ3v) is 6.26. The van der Waals surface area contributed by atoms with Crippen molar-refractivity contribution in [1.29, 1.82) is 0 Å². The van der Waals surface area contributed by atoms with Crippen LogP contribution < -0.4 is 4.90 Å². The van der Waals surface area contributed by atoms with Gasteiger partial charge in [-0.3, -0.25) is 4.21 Å². The normalized spacial score (nSPS) is 18.4. The third kappa shape index (κ3) is 3.81. The zero-order chi connectivity index (χ0) is 17.9. The van der Waals surface area contributed by atoms with Crippen LogP contribution in [0, 0.1) is 6.92 Å². The second-order valence-electron chi connectivity index (χ2n) is 7.04. The summed E-state index contributed by atoms with van der Waals surface area (Å²) in [6.07, 6.45) is 4.31. The molecule has 1 aliphatic heterocycles. The first-order valence-electron chi connectivity index (χ1n) is 9.37. The molecule has 0 amide bonds. The summed E-state index contributed by atoms with van der Waals surface area (Å²) in [4.78, 5) is 11.8. The van der Waals surface area contributed by atoms with Crippen LogP contribution in [-0.4, -0.2) is 40.5 Å². The second kappa shape index (κ2) is 7.84. The van der Waals surface area contributed by atoms with Gasteiger partial charge in [0.1, 0.15) is 5.82 Å². The van der Waals surface area contributed by atoms with Crippen molar-refractivity contribution in [2.24, 2.45) is 0 Å². The molecule has 5 nitrogen and oxygen atoms in total. The number of benzene rings is 1. The Morgan fingerprint density at radius 1 is 1.08 bits per heavy atom. The average Bonchev–Trinajstić information content (AvgIpc) is 2.69. The van der Waals surface area contributed by atoms with Crippen LogP contribution in [0.2, 0.25) is 0 Å². The minimum Gasteiger partial charge on any atom is -0.378 e. The van der Waals surface area contributed by atoms with E-state index in [1.807, 2.05) is 12.1 Å². The first-order valence-corrected chi connectivity index (χ1v) is 10.7. The lowest BCUT2D eigenvalue weighted by Gasteiger charge is -2.31. The molecule has 1 aliphatic carbocycles. The van der Waals surface area contributed by atoms with Gasteiger partial charge in [-0.1, -0.05) is 29.8 Å². The Bertz CT molecular complexity index is 801. The molecule has 0 spiro atoms. The van der Waals surface area contributed by atoms with Crippen LogP contribution in [0.15, 0.2) is 29.4 Å². The Hall–Kier alpha value is -1.79. The molecule has 138 valence electrons. The van der Waals surface area contributed by atoms with Crippen LogP contribution in [0.3, 0.4) is 0 Å². The molecule has 4 rings (SSSR count). The Balaban J connectivity index is 1.64. The zero-order valence-electron chi connectivity index (χ0n) is 15.2. The summed E-state index contributed by atoms with van der Waals surface area (Å²) >= 11 is 0. The van der Waals surface area contributed by atoms with E-state index in [0.29, 0.717) is 10.9 Å². The summed E-state index contributed by atoms with van der Waals surface area (Å²) in [6.45, 7) is 5.18. The van der Waals surface area contributed by atoms with Crippen molar-refractivity contribution in [3.05, 3.63) is 46.6 Å². The molecular weight excluding hydrogens is 346 g/mol. The largest absolute Gasteiger partial charge is 0.378 e. The third-order valence-electron chi connectivity index (χ3n) is 5.07. The maximum Gasteiger partial charge on any atom is 0.221 e. The van der Waals surface area contributed by atoms with Crippen LogP contribution in [0.5, 0.6) is 0 Å². The van der Waals surface area contributed by atoms with E-state index in [4.69, 9.17) is 14.7 Å². The molecule has 1 fully saturated rings. The van der Waals surface area contributed by atoms with Gasteiger partial charge in [-0.2, -0.15) is 0 Å². The zero-order valence-corrected chi connectivity index (χ0v) is 16.1. The van der Waals surface area contributed by atoms with E-state index in [-0.39, 0.29) is 0 Å². The molecule has 0 radical (unpaired) electrons. The van der Waals surface area contributed by atoms with Crippen molar-refractivity contribution in [3.8, 4) is 0 Å². The number of nitrogens with zero attached hydrogens (tertiary/aromatic N) is 3. The molecular formula is C20H25N3O2S. The van der Waals surface area contributed by atoms with Crippen LogP contribution in [0.4, 0.5) is 5.82 Å². The van der Waals surface area contributed by atoms with E-state index < -0.39 is 10.8 Å². The number of hydrogen-bond acceptors (Lipinski definition) is 5. The van der Waals surface area contributed by atoms with Gasteiger partial charge in [0.15, 0.2) is 0 Å². The Morgan fingerprint density at radius 2 is 1.81 bits per heavy atom. The SMILES string of the molecule is Cc1ccc(C[S@@](=O)c2nc3c(c(N4CCOCC4)n2)CCCC3)cc1. The number of anilines is 1. The molecule has 2 aliphatic rings. The second-order valence-corrected chi connectivity index (χ2v) is 8.38. The predicted molar refractivity (Wildman–Crippen MR) is 103 cm³/mol. The van der Waals surface area contributed by atoms with Crippen molar-refractivity contribution in [2.45, 2.75) is 43.5 Å². The van der Waals surface area contributed by atoms with Crippen molar-refractivity contribution < 1.29 is 8.95 Å². The van der Waals surface area contributed by atoms with Gasteiger partial charge >= 0.3 is 0 Å². The fourth-order valence-electron chi connectivity index (χ4n) is 3.59. The van der Waals surface area contributed by atoms with Gasteiger partial charge in [0, 0.05) is 18.7 Å². The highest BCUT2D eigenvalue weighted by Crippen LogP contribution is 2.29. The molecule has 26 heavy (non-hydrogen) atoms. The molecule has 6 heteroatoms. The Morgan fingerprint density at radius 3 is 2.58 bits per heavy atom. The maximum atomic E-state index is 13.0. The topological polar surface area (TPSA) is 55.3 Å². The average molecular weight is 372 g/mol. The van der Waals surface area contributed by atoms with Gasteiger partial charge in [-0.25, -0.2) is 9.97 Å². The fourth-order valence-corrected chi connectivity index (χ4v) is 4.62. The fraction of sp³-hybridized carbons (Fsp3) is 0.500. The summed E-state index contributed by atoms with van der Waals surface area (Å²) < 4.78 is 18.4. The van der Waals surface area contributed by atoms with Crippen LogP contribution in [0.1, 0.15) is 35.2 Å². The Labute approximate surface area is 157 Å². The number of ether oxygens (including phenoxy) is 1. The predicted octanol–water partition coefficient (Wildman–Crippen LogP) is 2.81. The summed E-state index contributed by atoms with van der Waals surface area (Å²) in [7, 11) is -1.23. The van der Waals surface area contributed by atoms with Crippen molar-refractivity contribution in [3.63, 3.8) is 0 Å². The highest BCUT2D eigenvalue weighted by atomic mass is 32.2. The van der Waals surface area contributed by atoms with E-state index in [9.17, 15) is 4.21 Å². The van der Waals surface area contributed by atoms with E-state index in [1.54, 1.807) is 0 Å². The van der Waals surface area contributed by atoms with Crippen LogP contribution >= 0.6 is 0 Å². The standard InChI is InChI=1S/C20H25N3O2S/c1-15-6-8-16(9-7-15)14-26(24)20-21-18-5-3-2-4-17(18)19(22-20)23-10-12-25-13-11-23/h6-9H,2-5,10-14H2,1H3/t26-/m1/s1. The molecule has 1 atom stereocenters. The van der Waals surface area contributed by atoms with Gasteiger partial charge in [-0.15, -0.1) is 0 Å². The summed E-state index contributed by atoms with van der Waals surface area (Å²) in [5.74, 6) is 1.45. The van der Waals surface area contributed by atoms with E-state index >= 15 is 0 Å². The van der Waals surface area contributed by atoms with Gasteiger partial charge in [-0.05, 0) is 38.2 Å². The van der Waals surface area contributed by atoms with E-state index in [1.165, 1.54) is 17.5 Å². The maximum absolute atomic E-state index is 13.0. The van der Waals surface area contributed by atoms with Crippen LogP contribution in [-0.2, 0) is 34.1 Å². The quantitative estimate of drug-likeness (QED) is 0.774. The summed E-state index contributed by atoms with van der Waals surface area (Å²) in [6, 6.07) is 8.18. The monoisotopic (exact) mass is 371 g/mol. The van der Waals surface area contributed by atoms with Gasteiger partial charge in [0.25, 0.3) is 0 Å². The Kier molecular flexibility index (Phi) is 5.31. The number of aryl methyl sites for hydroxylation is 2. The smallest absolute Gasteiger partial charge is 0.221 e. The summed E-state index contributed by atoms with van der Waals surface area (Å²) in [5.41, 5.74) is 4.62. The molecule has 1 aromatic carbocycles. The molecule has 0 N–H and O–H groups in total. The van der Waals surface area contributed by atoms with Gasteiger partial charge < -0.3 is 9.64 Å².